The molecule has 1 aliphatic heterocycles. The van der Waals surface area contributed by atoms with Gasteiger partial charge in [0.1, 0.15) is 5.94 Å². The van der Waals surface area contributed by atoms with Crippen LogP contribution in [0.5, 0.6) is 0 Å². The van der Waals surface area contributed by atoms with E-state index in [0.29, 0.717) is 0 Å². The van der Waals surface area contributed by atoms with Gasteiger partial charge in [0.2, 0.25) is 0 Å². The maximum absolute atomic E-state index is 10.2. The van der Waals surface area contributed by atoms with E-state index in [4.69, 9.17) is 18.6 Å². The molecule has 0 spiro atoms. The normalized spacial score (nSPS) is 10.3. The van der Waals surface area contributed by atoms with Crippen LogP contribution < -0.4 is 0 Å². The maximum Gasteiger partial charge on any atom is 0 e. The molecule has 0 aromatic carbocycles. The summed E-state index contributed by atoms with van der Waals surface area (Å²) in [5.74, 6) is 1.95. The maximum atomic E-state index is 10.2. The van der Waals surface area contributed by atoms with Gasteiger partial charge < -0.3 is 4.90 Å². The Morgan fingerprint density at radius 1 is 1.00 bits per heavy atom. The predicted molar refractivity (Wildman–Crippen MR) is 51.4 cm³/mol. The van der Waals surface area contributed by atoms with E-state index in [2.05, 4.69) is 26.6 Å². The van der Waals surface area contributed by atoms with Crippen LogP contribution in [0.4, 0.5) is 0 Å². The molecule has 0 radical (unpaired) electrons. The van der Waals surface area contributed by atoms with E-state index in [0.717, 1.165) is 25.1 Å². The average Bonchev–Trinajstić information content (AvgIpc) is 2.48. The zero-order valence-corrected chi connectivity index (χ0v) is 11.0. The molecule has 1 heterocycles. The third kappa shape index (κ3) is 20.2. The summed E-state index contributed by atoms with van der Waals surface area (Å²) in [5.41, 5.74) is 0.834. The van der Waals surface area contributed by atoms with E-state index in [1.165, 1.54) is 6.42 Å². The first-order chi connectivity index (χ1) is 8.34. The first kappa shape index (κ1) is 30.1. The Bertz CT molecular complexity index is 265. The van der Waals surface area contributed by atoms with E-state index in [-0.39, 0.29) is 17.4 Å². The molecule has 0 aromatic heterocycles. The molecule has 96 valence electrons. The Hall–Kier alpha value is -1.26. The summed E-state index contributed by atoms with van der Waals surface area (Å²) in [7, 11) is 1.94. The number of hydrogen-bond acceptors (Lipinski definition) is 2. The number of rotatable bonds is 0. The van der Waals surface area contributed by atoms with E-state index in [9.17, 15) is 4.79 Å². The standard InChI is InChI=1S/C7H11NO.4CO.Cr/c1-8-5-3-2-4-7(8)6-9;4*1-2;/h2-5H2,1H3;;;;;. The number of carbonyl (C=O) groups excluding carboxylic acids is 1. The molecule has 6 nitrogen and oxygen atoms in total. The second-order valence-electron chi connectivity index (χ2n) is 2.43. The summed E-state index contributed by atoms with van der Waals surface area (Å²) >= 11 is 0. The number of nitrogens with zero attached hydrogens (tertiary/aromatic N) is 1. The minimum absolute atomic E-state index is 0. The van der Waals surface area contributed by atoms with Gasteiger partial charge in [-0.3, -0.25) is 0 Å². The topological polar surface area (TPSA) is 99.9 Å². The van der Waals surface area contributed by atoms with Gasteiger partial charge in [-0.1, -0.05) is 0 Å². The molecule has 1 saturated heterocycles. The molecule has 1 aliphatic rings. The summed E-state index contributed by atoms with van der Waals surface area (Å²) in [4.78, 5) is 12.1. The molecule has 0 unspecified atom stereocenters. The van der Waals surface area contributed by atoms with Gasteiger partial charge in [0.05, 0.1) is 5.70 Å². The van der Waals surface area contributed by atoms with Gasteiger partial charge in [-0.05, 0) is 19.3 Å². The second kappa shape index (κ2) is 36.0. The van der Waals surface area contributed by atoms with Crippen molar-refractivity contribution in [1.82, 2.24) is 4.90 Å². The summed E-state index contributed by atoms with van der Waals surface area (Å²) in [6.45, 7) is 19.0. The largest absolute Gasteiger partial charge is 0 e. The van der Waals surface area contributed by atoms with Gasteiger partial charge in [-0.15, -0.1) is 0 Å². The number of allylic oxidation sites excluding steroid dienone is 1. The van der Waals surface area contributed by atoms with Crippen LogP contribution in [-0.2, 0) is 40.8 Å². The van der Waals surface area contributed by atoms with Crippen LogP contribution in [0.3, 0.4) is 0 Å². The van der Waals surface area contributed by atoms with Gasteiger partial charge in [0, 0.05) is 31.0 Å². The van der Waals surface area contributed by atoms with Crippen LogP contribution >= 0.6 is 0 Å². The van der Waals surface area contributed by atoms with Crippen LogP contribution in [0, 0.1) is 26.6 Å². The van der Waals surface area contributed by atoms with E-state index >= 15 is 0 Å². The minimum atomic E-state index is 0. The SMILES string of the molecule is CN1CCCCC1=C=O.[C-]#[O+].[C-]#[O+].[C-]#[O+].[C-]#[O+].[Cr]. The van der Waals surface area contributed by atoms with Gasteiger partial charge >= 0.3 is 45.2 Å². The van der Waals surface area contributed by atoms with Crippen LogP contribution in [0.2, 0.25) is 0 Å². The Kier molecular flexibility index (Phi) is 60.3. The predicted octanol–water partition coefficient (Wildman–Crippen LogP) is 0.665. The van der Waals surface area contributed by atoms with Crippen molar-refractivity contribution in [3.63, 3.8) is 0 Å². The van der Waals surface area contributed by atoms with Crippen molar-refractivity contribution < 1.29 is 40.8 Å². The fourth-order valence-corrected chi connectivity index (χ4v) is 1.10. The molecule has 0 N–H and O–H groups in total. The van der Waals surface area contributed by atoms with Crippen molar-refractivity contribution in [2.24, 2.45) is 0 Å². The molecule has 1 rings (SSSR count). The van der Waals surface area contributed by atoms with Crippen LogP contribution in [0.25, 0.3) is 0 Å². The van der Waals surface area contributed by atoms with Gasteiger partial charge in [0.15, 0.2) is 0 Å². The van der Waals surface area contributed by atoms with Crippen molar-refractivity contribution >= 4 is 5.94 Å². The van der Waals surface area contributed by atoms with Gasteiger partial charge in [-0.2, -0.15) is 0 Å². The Balaban J connectivity index is -0.0000000542. The monoisotopic (exact) mass is 289 g/mol. The molecule has 0 aromatic rings. The summed E-state index contributed by atoms with van der Waals surface area (Å²) in [5, 5.41) is 0. The quantitative estimate of drug-likeness (QED) is 0.372. The van der Waals surface area contributed by atoms with E-state index < -0.39 is 0 Å². The molecule has 0 aliphatic carbocycles. The molecule has 18 heavy (non-hydrogen) atoms. The fraction of sp³-hybridized carbons (Fsp3) is 0.455. The van der Waals surface area contributed by atoms with Crippen LogP contribution in [-0.4, -0.2) is 24.4 Å². The summed E-state index contributed by atoms with van der Waals surface area (Å²) in [6, 6.07) is 0. The second-order valence-corrected chi connectivity index (χ2v) is 2.43. The van der Waals surface area contributed by atoms with Crippen LogP contribution in [0.15, 0.2) is 5.70 Å². The average molecular weight is 289 g/mol. The number of piperidine rings is 1. The number of hydrogen-bond donors (Lipinski definition) is 0. The molecule has 0 bridgehead atoms. The van der Waals surface area contributed by atoms with Gasteiger partial charge in [0.25, 0.3) is 0 Å². The molecular weight excluding hydrogens is 278 g/mol. The zero-order chi connectivity index (χ0) is 14.7. The van der Waals surface area contributed by atoms with Crippen LogP contribution in [0.1, 0.15) is 19.3 Å². The van der Waals surface area contributed by atoms with E-state index in [1.54, 1.807) is 0 Å². The molecule has 7 heteroatoms. The third-order valence-electron chi connectivity index (χ3n) is 1.74. The van der Waals surface area contributed by atoms with Crippen molar-refractivity contribution in [2.75, 3.05) is 13.6 Å². The zero-order valence-electron chi connectivity index (χ0n) is 9.73. The molecule has 1 fully saturated rings. The Labute approximate surface area is 117 Å². The molecular formula is C11H11CrNO5. The molecule has 0 amide bonds. The first-order valence-corrected chi connectivity index (χ1v) is 4.11. The Morgan fingerprint density at radius 2 is 1.39 bits per heavy atom. The van der Waals surface area contributed by atoms with Gasteiger partial charge in [-0.25, -0.2) is 4.79 Å². The van der Waals surface area contributed by atoms with E-state index in [1.807, 2.05) is 17.9 Å². The molecule has 0 saturated carbocycles. The van der Waals surface area contributed by atoms with Crippen molar-refractivity contribution in [3.8, 4) is 0 Å². The minimum Gasteiger partial charge on any atom is 0 e. The smallest absolute Gasteiger partial charge is 0 e. The van der Waals surface area contributed by atoms with Crippen molar-refractivity contribution in [3.05, 3.63) is 32.3 Å². The number of likely N-dealkylation sites (tertiary alicyclic amines) is 1. The Morgan fingerprint density at radius 3 is 1.61 bits per heavy atom. The summed E-state index contributed by atoms with van der Waals surface area (Å²) in [6.07, 6.45) is 3.27. The molecule has 0 atom stereocenters. The fourth-order valence-electron chi connectivity index (χ4n) is 1.10. The summed E-state index contributed by atoms with van der Waals surface area (Å²) < 4.78 is 30.0. The van der Waals surface area contributed by atoms with Crippen molar-refractivity contribution in [2.45, 2.75) is 19.3 Å². The van der Waals surface area contributed by atoms with Crippen molar-refractivity contribution in [1.29, 1.82) is 0 Å². The third-order valence-corrected chi connectivity index (χ3v) is 1.74. The first-order valence-electron chi connectivity index (χ1n) is 4.11.